The molecule has 1 aromatic rings. The van der Waals surface area contributed by atoms with Gasteiger partial charge in [-0.1, -0.05) is 6.08 Å². The molecule has 1 atom stereocenters. The molecule has 0 aromatic carbocycles. The Balaban J connectivity index is 2.55. The molecule has 0 saturated heterocycles. The quantitative estimate of drug-likeness (QED) is 0.706. The molecule has 1 rings (SSSR count). The van der Waals surface area contributed by atoms with E-state index in [-0.39, 0.29) is 0 Å². The number of aryl methyl sites for hydroxylation is 2. The monoisotopic (exact) mass is 193 g/mol. The van der Waals surface area contributed by atoms with Crippen molar-refractivity contribution in [1.82, 2.24) is 10.2 Å². The molecule has 1 unspecified atom stereocenters. The van der Waals surface area contributed by atoms with Crippen LogP contribution in [0.25, 0.3) is 0 Å². The van der Waals surface area contributed by atoms with Gasteiger partial charge in [0.2, 0.25) is 0 Å². The van der Waals surface area contributed by atoms with Crippen LogP contribution in [0.5, 0.6) is 0 Å². The zero-order chi connectivity index (χ0) is 10.6. The number of aromatic amines is 1. The largest absolute Gasteiger partial charge is 0.380 e. The van der Waals surface area contributed by atoms with E-state index in [1.54, 1.807) is 0 Å². The van der Waals surface area contributed by atoms with Crippen LogP contribution in [-0.2, 0) is 0 Å². The normalized spacial score (nSPS) is 12.5. The summed E-state index contributed by atoms with van der Waals surface area (Å²) >= 11 is 0. The fraction of sp³-hybridized carbons (Fsp3) is 0.545. The summed E-state index contributed by atoms with van der Waals surface area (Å²) in [7, 11) is 0. The molecule has 0 aliphatic carbocycles. The van der Waals surface area contributed by atoms with Crippen LogP contribution < -0.4 is 5.32 Å². The predicted molar refractivity (Wildman–Crippen MR) is 60.6 cm³/mol. The maximum Gasteiger partial charge on any atom is 0.0825 e. The van der Waals surface area contributed by atoms with Gasteiger partial charge < -0.3 is 5.32 Å². The van der Waals surface area contributed by atoms with Crippen molar-refractivity contribution in [2.75, 3.05) is 5.32 Å². The molecule has 0 aliphatic rings. The first-order chi connectivity index (χ1) is 6.65. The molecule has 0 aliphatic heterocycles. The van der Waals surface area contributed by atoms with Crippen LogP contribution >= 0.6 is 0 Å². The second-order valence-corrected chi connectivity index (χ2v) is 3.72. The van der Waals surface area contributed by atoms with Crippen LogP contribution in [0.1, 0.15) is 31.2 Å². The van der Waals surface area contributed by atoms with E-state index >= 15 is 0 Å². The lowest BCUT2D eigenvalue weighted by Gasteiger charge is -2.14. The lowest BCUT2D eigenvalue weighted by molar-refractivity contribution is 0.717. The summed E-state index contributed by atoms with van der Waals surface area (Å²) in [6.07, 6.45) is 4.10. The second kappa shape index (κ2) is 4.84. The van der Waals surface area contributed by atoms with Gasteiger partial charge in [-0.2, -0.15) is 5.10 Å². The number of hydrogen-bond donors (Lipinski definition) is 2. The van der Waals surface area contributed by atoms with Gasteiger partial charge in [0.1, 0.15) is 0 Å². The molecule has 3 nitrogen and oxygen atoms in total. The van der Waals surface area contributed by atoms with Gasteiger partial charge >= 0.3 is 0 Å². The average molecular weight is 193 g/mol. The lowest BCUT2D eigenvalue weighted by Crippen LogP contribution is -2.15. The predicted octanol–water partition coefficient (Wildman–Crippen LogP) is 2.79. The molecule has 2 N–H and O–H groups in total. The van der Waals surface area contributed by atoms with E-state index in [1.165, 1.54) is 0 Å². The maximum absolute atomic E-state index is 4.14. The summed E-state index contributed by atoms with van der Waals surface area (Å²) < 4.78 is 0. The second-order valence-electron chi connectivity index (χ2n) is 3.72. The lowest BCUT2D eigenvalue weighted by atomic mass is 10.1. The highest BCUT2D eigenvalue weighted by atomic mass is 15.2. The van der Waals surface area contributed by atoms with Crippen LogP contribution in [-0.4, -0.2) is 16.2 Å². The third kappa shape index (κ3) is 2.62. The highest BCUT2D eigenvalue weighted by Crippen LogP contribution is 2.18. The van der Waals surface area contributed by atoms with Gasteiger partial charge in [0, 0.05) is 6.04 Å². The number of aromatic nitrogens is 2. The standard InChI is InChI=1S/C11H19N3/c1-5-6-7-8(2)12-11-9(3)13-14-10(11)4/h5,8,12H,1,6-7H2,2-4H3,(H,13,14). The first kappa shape index (κ1) is 10.8. The Bertz CT molecular complexity index is 282. The average Bonchev–Trinajstić information content (AvgIpc) is 2.46. The molecule has 0 bridgehead atoms. The summed E-state index contributed by atoms with van der Waals surface area (Å²) in [6, 6.07) is 0.461. The first-order valence-corrected chi connectivity index (χ1v) is 5.04. The van der Waals surface area contributed by atoms with Crippen molar-refractivity contribution in [2.45, 2.75) is 39.7 Å². The van der Waals surface area contributed by atoms with Crippen LogP contribution in [0.15, 0.2) is 12.7 Å². The molecule has 1 aromatic heterocycles. The van der Waals surface area contributed by atoms with Crippen LogP contribution in [0.3, 0.4) is 0 Å². The van der Waals surface area contributed by atoms with Crippen molar-refractivity contribution >= 4 is 5.69 Å². The third-order valence-corrected chi connectivity index (χ3v) is 2.32. The Morgan fingerprint density at radius 3 is 2.79 bits per heavy atom. The van der Waals surface area contributed by atoms with Gasteiger partial charge in [-0.15, -0.1) is 6.58 Å². The Morgan fingerprint density at radius 1 is 1.57 bits per heavy atom. The Hall–Kier alpha value is -1.25. The molecule has 0 saturated carbocycles. The molecule has 1 heterocycles. The number of rotatable bonds is 5. The minimum Gasteiger partial charge on any atom is -0.380 e. The molecule has 0 radical (unpaired) electrons. The van der Waals surface area contributed by atoms with Gasteiger partial charge in [-0.25, -0.2) is 0 Å². The van der Waals surface area contributed by atoms with Crippen molar-refractivity contribution < 1.29 is 0 Å². The van der Waals surface area contributed by atoms with Crippen LogP contribution in [0, 0.1) is 13.8 Å². The molecule has 0 fully saturated rings. The minimum absolute atomic E-state index is 0.461. The van der Waals surface area contributed by atoms with E-state index in [0.717, 1.165) is 29.9 Å². The number of nitrogens with zero attached hydrogens (tertiary/aromatic N) is 1. The Morgan fingerprint density at radius 2 is 2.29 bits per heavy atom. The van der Waals surface area contributed by atoms with E-state index in [2.05, 4.69) is 29.0 Å². The van der Waals surface area contributed by atoms with Gasteiger partial charge in [-0.05, 0) is 33.6 Å². The summed E-state index contributed by atoms with van der Waals surface area (Å²) in [6.45, 7) is 9.93. The van der Waals surface area contributed by atoms with Gasteiger partial charge in [0.05, 0.1) is 17.1 Å². The molecule has 0 amide bonds. The third-order valence-electron chi connectivity index (χ3n) is 2.32. The summed E-state index contributed by atoms with van der Waals surface area (Å²) in [5.41, 5.74) is 3.28. The fourth-order valence-electron chi connectivity index (χ4n) is 1.45. The minimum atomic E-state index is 0.461. The molecule has 14 heavy (non-hydrogen) atoms. The van der Waals surface area contributed by atoms with Crippen molar-refractivity contribution in [1.29, 1.82) is 0 Å². The molecular weight excluding hydrogens is 174 g/mol. The molecular formula is C11H19N3. The topological polar surface area (TPSA) is 40.7 Å². The Labute approximate surface area is 85.6 Å². The van der Waals surface area contributed by atoms with Gasteiger partial charge in [0.25, 0.3) is 0 Å². The summed E-state index contributed by atoms with van der Waals surface area (Å²) in [5, 5.41) is 10.6. The van der Waals surface area contributed by atoms with Crippen molar-refractivity contribution in [2.24, 2.45) is 0 Å². The zero-order valence-corrected chi connectivity index (χ0v) is 9.22. The van der Waals surface area contributed by atoms with E-state index in [0.29, 0.717) is 6.04 Å². The number of H-pyrrole nitrogens is 1. The van der Waals surface area contributed by atoms with E-state index in [4.69, 9.17) is 0 Å². The SMILES string of the molecule is C=CCCC(C)Nc1c(C)n[nH]c1C. The van der Waals surface area contributed by atoms with Crippen LogP contribution in [0.2, 0.25) is 0 Å². The number of allylic oxidation sites excluding steroid dienone is 1. The smallest absolute Gasteiger partial charge is 0.0825 e. The van der Waals surface area contributed by atoms with Gasteiger partial charge in [-0.3, -0.25) is 5.10 Å². The fourth-order valence-corrected chi connectivity index (χ4v) is 1.45. The maximum atomic E-state index is 4.14. The van der Waals surface area contributed by atoms with E-state index < -0.39 is 0 Å². The van der Waals surface area contributed by atoms with Crippen molar-refractivity contribution in [3.05, 3.63) is 24.0 Å². The van der Waals surface area contributed by atoms with Crippen LogP contribution in [0.4, 0.5) is 5.69 Å². The van der Waals surface area contributed by atoms with Crippen molar-refractivity contribution in [3.8, 4) is 0 Å². The highest BCUT2D eigenvalue weighted by Gasteiger charge is 2.08. The van der Waals surface area contributed by atoms with E-state index in [1.807, 2.05) is 19.9 Å². The first-order valence-electron chi connectivity index (χ1n) is 5.04. The van der Waals surface area contributed by atoms with E-state index in [9.17, 15) is 0 Å². The molecule has 78 valence electrons. The van der Waals surface area contributed by atoms with Gasteiger partial charge in [0.15, 0.2) is 0 Å². The highest BCUT2D eigenvalue weighted by molar-refractivity contribution is 5.51. The number of nitrogens with one attached hydrogen (secondary N) is 2. The summed E-state index contributed by atoms with van der Waals surface area (Å²) in [4.78, 5) is 0. The molecule has 3 heteroatoms. The molecule has 0 spiro atoms. The number of hydrogen-bond acceptors (Lipinski definition) is 2. The summed E-state index contributed by atoms with van der Waals surface area (Å²) in [5.74, 6) is 0. The number of anilines is 1. The Kier molecular flexibility index (Phi) is 3.74. The zero-order valence-electron chi connectivity index (χ0n) is 9.22. The van der Waals surface area contributed by atoms with Crippen molar-refractivity contribution in [3.63, 3.8) is 0 Å².